The largest absolute Gasteiger partial charge is 0.457 e. The number of nitrogens with one attached hydrogen (secondary N) is 2. The van der Waals surface area contributed by atoms with Crippen LogP contribution in [-0.2, 0) is 9.59 Å². The van der Waals surface area contributed by atoms with Crippen LogP contribution in [0.15, 0.2) is 78.9 Å². The molecular formula is C24H23N3O3. The number of benzene rings is 3. The highest BCUT2D eigenvalue weighted by molar-refractivity contribution is 5.99. The number of carbonyl (C=O) groups excluding carboxylic acids is 2. The molecule has 30 heavy (non-hydrogen) atoms. The molecule has 1 heterocycles. The smallest absolute Gasteiger partial charge is 0.243 e. The summed E-state index contributed by atoms with van der Waals surface area (Å²) >= 11 is 0. The van der Waals surface area contributed by atoms with E-state index in [9.17, 15) is 9.59 Å². The summed E-state index contributed by atoms with van der Waals surface area (Å²) in [6.45, 7) is 0.808. The van der Waals surface area contributed by atoms with Gasteiger partial charge in [0.25, 0.3) is 0 Å². The molecule has 0 radical (unpaired) electrons. The molecule has 0 saturated carbocycles. The summed E-state index contributed by atoms with van der Waals surface area (Å²) < 4.78 is 5.76. The Labute approximate surface area is 175 Å². The maximum atomic E-state index is 12.4. The van der Waals surface area contributed by atoms with Crippen molar-refractivity contribution in [2.45, 2.75) is 12.8 Å². The monoisotopic (exact) mass is 401 g/mol. The fourth-order valence-electron chi connectivity index (χ4n) is 3.37. The van der Waals surface area contributed by atoms with E-state index in [-0.39, 0.29) is 18.4 Å². The summed E-state index contributed by atoms with van der Waals surface area (Å²) in [5, 5.41) is 6.01. The molecule has 2 amide bonds. The van der Waals surface area contributed by atoms with Crippen molar-refractivity contribution in [3.63, 3.8) is 0 Å². The van der Waals surface area contributed by atoms with E-state index in [4.69, 9.17) is 4.74 Å². The summed E-state index contributed by atoms with van der Waals surface area (Å²) in [5.41, 5.74) is 2.27. The van der Waals surface area contributed by atoms with Crippen molar-refractivity contribution in [1.82, 2.24) is 0 Å². The average Bonchev–Trinajstić information content (AvgIpc) is 3.20. The second-order valence-corrected chi connectivity index (χ2v) is 7.01. The maximum Gasteiger partial charge on any atom is 0.243 e. The van der Waals surface area contributed by atoms with Gasteiger partial charge in [0.1, 0.15) is 11.5 Å². The molecule has 3 aromatic carbocycles. The number of rotatable bonds is 7. The van der Waals surface area contributed by atoms with Crippen LogP contribution in [0.1, 0.15) is 12.8 Å². The minimum Gasteiger partial charge on any atom is -0.457 e. The molecule has 1 aliphatic heterocycles. The fourth-order valence-corrected chi connectivity index (χ4v) is 3.37. The van der Waals surface area contributed by atoms with Gasteiger partial charge in [-0.05, 0) is 55.0 Å². The lowest BCUT2D eigenvalue weighted by molar-refractivity contribution is -0.117. The summed E-state index contributed by atoms with van der Waals surface area (Å²) in [7, 11) is 0. The highest BCUT2D eigenvalue weighted by atomic mass is 16.5. The molecule has 0 aliphatic carbocycles. The van der Waals surface area contributed by atoms with Crippen molar-refractivity contribution >= 4 is 28.9 Å². The molecule has 152 valence electrons. The quantitative estimate of drug-likeness (QED) is 0.604. The number of ether oxygens (including phenoxy) is 1. The zero-order chi connectivity index (χ0) is 20.8. The molecule has 1 fully saturated rings. The van der Waals surface area contributed by atoms with Crippen molar-refractivity contribution in [2.24, 2.45) is 0 Å². The molecule has 0 aromatic heterocycles. The Hall–Kier alpha value is -3.80. The molecule has 0 spiro atoms. The van der Waals surface area contributed by atoms with Gasteiger partial charge in [0.05, 0.1) is 17.9 Å². The molecule has 1 aliphatic rings. The van der Waals surface area contributed by atoms with Gasteiger partial charge in [0, 0.05) is 18.7 Å². The van der Waals surface area contributed by atoms with Gasteiger partial charge in [-0.3, -0.25) is 9.59 Å². The molecule has 0 bridgehead atoms. The summed E-state index contributed by atoms with van der Waals surface area (Å²) in [4.78, 5) is 26.2. The molecule has 2 N–H and O–H groups in total. The molecule has 6 heteroatoms. The number of nitrogens with zero attached hydrogens (tertiary/aromatic N) is 1. The Morgan fingerprint density at radius 3 is 2.33 bits per heavy atom. The van der Waals surface area contributed by atoms with Crippen LogP contribution in [0.5, 0.6) is 11.5 Å². The Morgan fingerprint density at radius 2 is 1.60 bits per heavy atom. The number of amides is 2. The third-order valence-electron chi connectivity index (χ3n) is 4.82. The van der Waals surface area contributed by atoms with Crippen molar-refractivity contribution in [3.05, 3.63) is 78.9 Å². The van der Waals surface area contributed by atoms with Crippen LogP contribution < -0.4 is 20.3 Å². The van der Waals surface area contributed by atoms with Gasteiger partial charge in [-0.15, -0.1) is 0 Å². The first-order valence-corrected chi connectivity index (χ1v) is 9.95. The van der Waals surface area contributed by atoms with Gasteiger partial charge in [-0.1, -0.05) is 30.3 Å². The van der Waals surface area contributed by atoms with Crippen molar-refractivity contribution in [3.8, 4) is 11.5 Å². The predicted molar refractivity (Wildman–Crippen MR) is 118 cm³/mol. The number of para-hydroxylation sites is 3. The van der Waals surface area contributed by atoms with Crippen LogP contribution >= 0.6 is 0 Å². The summed E-state index contributed by atoms with van der Waals surface area (Å²) in [6.07, 6.45) is 1.43. The van der Waals surface area contributed by atoms with Crippen LogP contribution in [0.4, 0.5) is 17.1 Å². The van der Waals surface area contributed by atoms with Crippen LogP contribution in [0.2, 0.25) is 0 Å². The lowest BCUT2D eigenvalue weighted by atomic mass is 10.2. The normalized spacial score (nSPS) is 13.2. The predicted octanol–water partition coefficient (Wildman–Crippen LogP) is 4.66. The van der Waals surface area contributed by atoms with Gasteiger partial charge >= 0.3 is 0 Å². The molecular weight excluding hydrogens is 378 g/mol. The van der Waals surface area contributed by atoms with Crippen LogP contribution in [0.3, 0.4) is 0 Å². The van der Waals surface area contributed by atoms with Crippen molar-refractivity contribution in [1.29, 1.82) is 0 Å². The standard InChI is InChI=1S/C24H23N3O3/c28-23(17-25-21-9-4-5-10-22(21)27-16-6-11-24(27)29)26-18-12-14-20(15-13-18)30-19-7-2-1-3-8-19/h1-5,7-10,12-15,25H,6,11,16-17H2,(H,26,28). The third-order valence-corrected chi connectivity index (χ3v) is 4.82. The topological polar surface area (TPSA) is 70.7 Å². The van der Waals surface area contributed by atoms with E-state index in [1.807, 2.05) is 66.7 Å². The highest BCUT2D eigenvalue weighted by Crippen LogP contribution is 2.29. The second kappa shape index (κ2) is 9.13. The first-order valence-electron chi connectivity index (χ1n) is 9.95. The van der Waals surface area contributed by atoms with Gasteiger partial charge < -0.3 is 20.3 Å². The SMILES string of the molecule is O=C(CNc1ccccc1N1CCCC1=O)Nc1ccc(Oc2ccccc2)cc1. The van der Waals surface area contributed by atoms with E-state index in [0.29, 0.717) is 24.4 Å². The zero-order valence-corrected chi connectivity index (χ0v) is 16.5. The zero-order valence-electron chi connectivity index (χ0n) is 16.5. The minimum absolute atomic E-state index is 0.0985. The molecule has 6 nitrogen and oxygen atoms in total. The van der Waals surface area contributed by atoms with Gasteiger partial charge in [0.15, 0.2) is 0 Å². The lowest BCUT2D eigenvalue weighted by Crippen LogP contribution is -2.26. The number of anilines is 3. The number of carbonyl (C=O) groups is 2. The van der Waals surface area contributed by atoms with Crippen LogP contribution in [-0.4, -0.2) is 24.9 Å². The molecule has 3 aromatic rings. The first kappa shape index (κ1) is 19.5. The highest BCUT2D eigenvalue weighted by Gasteiger charge is 2.23. The minimum atomic E-state index is -0.172. The van der Waals surface area contributed by atoms with Crippen LogP contribution in [0.25, 0.3) is 0 Å². The number of hydrogen-bond acceptors (Lipinski definition) is 4. The van der Waals surface area contributed by atoms with E-state index in [2.05, 4.69) is 10.6 Å². The maximum absolute atomic E-state index is 12.4. The van der Waals surface area contributed by atoms with Crippen molar-refractivity contribution in [2.75, 3.05) is 28.6 Å². The third kappa shape index (κ3) is 4.78. The summed E-state index contributed by atoms with van der Waals surface area (Å²) in [6, 6.07) is 24.3. The Bertz CT molecular complexity index is 1020. The summed E-state index contributed by atoms with van der Waals surface area (Å²) in [5.74, 6) is 1.40. The molecule has 4 rings (SSSR count). The molecule has 1 saturated heterocycles. The fraction of sp³-hybridized carbons (Fsp3) is 0.167. The average molecular weight is 401 g/mol. The first-order chi connectivity index (χ1) is 14.7. The van der Waals surface area contributed by atoms with Gasteiger partial charge in [-0.25, -0.2) is 0 Å². The molecule has 0 unspecified atom stereocenters. The Kier molecular flexibility index (Phi) is 5.94. The van der Waals surface area contributed by atoms with E-state index >= 15 is 0 Å². The van der Waals surface area contributed by atoms with Gasteiger partial charge in [-0.2, -0.15) is 0 Å². The lowest BCUT2D eigenvalue weighted by Gasteiger charge is -2.20. The Balaban J connectivity index is 1.33. The van der Waals surface area contributed by atoms with E-state index in [1.54, 1.807) is 17.0 Å². The van der Waals surface area contributed by atoms with Gasteiger partial charge in [0.2, 0.25) is 11.8 Å². The molecule has 0 atom stereocenters. The Morgan fingerprint density at radius 1 is 0.900 bits per heavy atom. The van der Waals surface area contributed by atoms with Crippen LogP contribution in [0, 0.1) is 0 Å². The second-order valence-electron chi connectivity index (χ2n) is 7.01. The van der Waals surface area contributed by atoms with E-state index in [1.165, 1.54) is 0 Å². The number of hydrogen-bond donors (Lipinski definition) is 2. The van der Waals surface area contributed by atoms with E-state index in [0.717, 1.165) is 23.5 Å². The van der Waals surface area contributed by atoms with Crippen molar-refractivity contribution < 1.29 is 14.3 Å². The van der Waals surface area contributed by atoms with E-state index < -0.39 is 0 Å².